The van der Waals surface area contributed by atoms with Crippen LogP contribution >= 0.6 is 12.2 Å². The standard InChI is InChI=1S/C28H28N4OS/c1-19(2)33-23-15-13-22(14-16-23)32-27(26(30-28(32)34)24-11-7-8-18-29-24)25-17-12-20(3)31(25)21-9-5-4-6-10-21/h4-19,26-27H,1-3H3,(H,30,34)/t26-,27-/m0/s1. The summed E-state index contributed by atoms with van der Waals surface area (Å²) in [7, 11) is 0. The van der Waals surface area contributed by atoms with Gasteiger partial charge in [-0.2, -0.15) is 0 Å². The zero-order chi connectivity index (χ0) is 23.7. The van der Waals surface area contributed by atoms with Gasteiger partial charge in [-0.05, 0) is 93.7 Å². The Morgan fingerprint density at radius 3 is 2.29 bits per heavy atom. The molecular formula is C28H28N4OS. The summed E-state index contributed by atoms with van der Waals surface area (Å²) in [6.45, 7) is 6.19. The quantitative estimate of drug-likeness (QED) is 0.344. The van der Waals surface area contributed by atoms with Crippen molar-refractivity contribution in [2.45, 2.75) is 39.0 Å². The maximum absolute atomic E-state index is 5.89. The average molecular weight is 469 g/mol. The fourth-order valence-electron chi connectivity index (χ4n) is 4.61. The van der Waals surface area contributed by atoms with Crippen LogP contribution in [-0.4, -0.2) is 20.8 Å². The fraction of sp³-hybridized carbons (Fsp3) is 0.214. The highest BCUT2D eigenvalue weighted by Gasteiger charge is 2.42. The minimum absolute atomic E-state index is 0.0897. The summed E-state index contributed by atoms with van der Waals surface area (Å²) < 4.78 is 8.16. The van der Waals surface area contributed by atoms with Crippen LogP contribution in [-0.2, 0) is 0 Å². The van der Waals surface area contributed by atoms with Crippen molar-refractivity contribution < 1.29 is 4.74 Å². The summed E-state index contributed by atoms with van der Waals surface area (Å²) in [5.74, 6) is 0.846. The van der Waals surface area contributed by atoms with Gasteiger partial charge in [-0.15, -0.1) is 0 Å². The van der Waals surface area contributed by atoms with Crippen LogP contribution in [0.3, 0.4) is 0 Å². The van der Waals surface area contributed by atoms with Crippen molar-refractivity contribution >= 4 is 23.0 Å². The van der Waals surface area contributed by atoms with Gasteiger partial charge in [0.2, 0.25) is 0 Å². The number of anilines is 1. The van der Waals surface area contributed by atoms with Gasteiger partial charge in [0.25, 0.3) is 0 Å². The van der Waals surface area contributed by atoms with E-state index in [4.69, 9.17) is 17.0 Å². The Kier molecular flexibility index (Phi) is 6.07. The molecule has 5 rings (SSSR count). The van der Waals surface area contributed by atoms with Crippen molar-refractivity contribution in [3.05, 3.63) is 108 Å². The first-order valence-electron chi connectivity index (χ1n) is 11.5. The van der Waals surface area contributed by atoms with Crippen LogP contribution in [0, 0.1) is 6.92 Å². The van der Waals surface area contributed by atoms with Gasteiger partial charge in [0.15, 0.2) is 5.11 Å². The number of hydrogen-bond acceptors (Lipinski definition) is 3. The molecule has 172 valence electrons. The van der Waals surface area contributed by atoms with Crippen molar-refractivity contribution in [3.63, 3.8) is 0 Å². The van der Waals surface area contributed by atoms with Crippen LogP contribution in [0.25, 0.3) is 5.69 Å². The Bertz CT molecular complexity index is 1270. The summed E-state index contributed by atoms with van der Waals surface area (Å²) in [4.78, 5) is 6.87. The molecule has 2 aromatic heterocycles. The Morgan fingerprint density at radius 2 is 1.62 bits per heavy atom. The Morgan fingerprint density at radius 1 is 0.882 bits per heavy atom. The predicted octanol–water partition coefficient (Wildman–Crippen LogP) is 6.15. The lowest BCUT2D eigenvalue weighted by molar-refractivity contribution is 0.242. The molecule has 0 bridgehead atoms. The largest absolute Gasteiger partial charge is 0.491 e. The van der Waals surface area contributed by atoms with Gasteiger partial charge in [-0.25, -0.2) is 0 Å². The molecule has 1 aliphatic heterocycles. The molecule has 0 amide bonds. The zero-order valence-corrected chi connectivity index (χ0v) is 20.4. The molecular weight excluding hydrogens is 440 g/mol. The van der Waals surface area contributed by atoms with E-state index < -0.39 is 0 Å². The van der Waals surface area contributed by atoms with E-state index in [9.17, 15) is 0 Å². The number of hydrogen-bond donors (Lipinski definition) is 1. The van der Waals surface area contributed by atoms with Crippen molar-refractivity contribution in [3.8, 4) is 11.4 Å². The van der Waals surface area contributed by atoms with E-state index in [1.165, 1.54) is 5.69 Å². The van der Waals surface area contributed by atoms with Crippen molar-refractivity contribution in [1.82, 2.24) is 14.9 Å². The maximum Gasteiger partial charge on any atom is 0.174 e. The molecule has 3 heterocycles. The smallest absolute Gasteiger partial charge is 0.174 e. The summed E-state index contributed by atoms with van der Waals surface area (Å²) in [6.07, 6.45) is 1.96. The molecule has 0 unspecified atom stereocenters. The highest BCUT2D eigenvalue weighted by molar-refractivity contribution is 7.80. The first-order valence-corrected chi connectivity index (χ1v) is 11.9. The Hall–Kier alpha value is -3.64. The van der Waals surface area contributed by atoms with Crippen LogP contribution in [0.1, 0.15) is 43.0 Å². The molecule has 4 aromatic rings. The number of thiocarbonyl (C=S) groups is 1. The number of benzene rings is 2. The summed E-state index contributed by atoms with van der Waals surface area (Å²) >= 11 is 5.89. The number of pyridine rings is 1. The number of para-hydroxylation sites is 1. The van der Waals surface area contributed by atoms with Crippen molar-refractivity contribution in [1.29, 1.82) is 0 Å². The molecule has 0 aliphatic carbocycles. The highest BCUT2D eigenvalue weighted by atomic mass is 32.1. The molecule has 1 fully saturated rings. The maximum atomic E-state index is 5.89. The molecule has 0 radical (unpaired) electrons. The van der Waals surface area contributed by atoms with E-state index in [0.29, 0.717) is 5.11 Å². The van der Waals surface area contributed by atoms with Gasteiger partial charge in [0, 0.05) is 29.0 Å². The second-order valence-corrected chi connectivity index (χ2v) is 9.11. The number of nitrogens with zero attached hydrogens (tertiary/aromatic N) is 3. The minimum Gasteiger partial charge on any atom is -0.491 e. The highest BCUT2D eigenvalue weighted by Crippen LogP contribution is 2.43. The summed E-state index contributed by atoms with van der Waals surface area (Å²) in [5, 5.41) is 4.23. The van der Waals surface area contributed by atoms with E-state index in [1.807, 2.05) is 50.4 Å². The monoisotopic (exact) mass is 468 g/mol. The SMILES string of the molecule is Cc1ccc([C@H]2[C@H](c3ccccn3)NC(=S)N2c2ccc(OC(C)C)cc2)n1-c1ccccc1. The van der Waals surface area contributed by atoms with E-state index in [2.05, 4.69) is 81.3 Å². The Labute approximate surface area is 206 Å². The van der Waals surface area contributed by atoms with Gasteiger partial charge in [-0.3, -0.25) is 4.98 Å². The number of aromatic nitrogens is 2. The molecule has 1 N–H and O–H groups in total. The first-order chi connectivity index (χ1) is 16.5. The Balaban J connectivity index is 1.63. The molecule has 1 saturated heterocycles. The van der Waals surface area contributed by atoms with Crippen LogP contribution in [0.4, 0.5) is 5.69 Å². The van der Waals surface area contributed by atoms with Crippen LogP contribution in [0.5, 0.6) is 5.75 Å². The minimum atomic E-state index is -0.1000. The van der Waals surface area contributed by atoms with E-state index >= 15 is 0 Å². The van der Waals surface area contributed by atoms with E-state index in [1.54, 1.807) is 0 Å². The fourth-order valence-corrected chi connectivity index (χ4v) is 4.96. The van der Waals surface area contributed by atoms with Gasteiger partial charge in [0.05, 0.1) is 17.8 Å². The van der Waals surface area contributed by atoms with Gasteiger partial charge < -0.3 is 19.5 Å². The normalized spacial score (nSPS) is 17.8. The van der Waals surface area contributed by atoms with Crippen LogP contribution in [0.15, 0.2) is 91.1 Å². The second kappa shape index (κ2) is 9.31. The third kappa shape index (κ3) is 4.17. The lowest BCUT2D eigenvalue weighted by Gasteiger charge is -2.29. The lowest BCUT2D eigenvalue weighted by Crippen LogP contribution is -2.30. The summed E-state index contributed by atoms with van der Waals surface area (Å²) in [5.41, 5.74) is 5.40. The number of ether oxygens (including phenoxy) is 1. The second-order valence-electron chi connectivity index (χ2n) is 8.73. The number of rotatable bonds is 6. The number of aryl methyl sites for hydroxylation is 1. The van der Waals surface area contributed by atoms with Crippen LogP contribution in [0.2, 0.25) is 0 Å². The number of nitrogens with one attached hydrogen (secondary N) is 1. The first kappa shape index (κ1) is 22.2. The van der Waals surface area contributed by atoms with Gasteiger partial charge in [-0.1, -0.05) is 24.3 Å². The molecule has 2 atom stereocenters. The van der Waals surface area contributed by atoms with Gasteiger partial charge >= 0.3 is 0 Å². The zero-order valence-electron chi connectivity index (χ0n) is 19.6. The van der Waals surface area contributed by atoms with Crippen molar-refractivity contribution in [2.24, 2.45) is 0 Å². The molecule has 34 heavy (non-hydrogen) atoms. The molecule has 2 aromatic carbocycles. The third-order valence-corrected chi connectivity index (χ3v) is 6.32. The van der Waals surface area contributed by atoms with Crippen LogP contribution < -0.4 is 15.0 Å². The molecule has 1 aliphatic rings. The lowest BCUT2D eigenvalue weighted by atomic mass is 10.0. The predicted molar refractivity (Wildman–Crippen MR) is 141 cm³/mol. The topological polar surface area (TPSA) is 42.3 Å². The average Bonchev–Trinajstić information content (AvgIpc) is 3.39. The van der Waals surface area contributed by atoms with Gasteiger partial charge in [0.1, 0.15) is 11.8 Å². The third-order valence-electron chi connectivity index (χ3n) is 6.01. The molecule has 0 spiro atoms. The molecule has 5 nitrogen and oxygen atoms in total. The van der Waals surface area contributed by atoms with E-state index in [-0.39, 0.29) is 18.2 Å². The van der Waals surface area contributed by atoms with E-state index in [0.717, 1.165) is 28.5 Å². The summed E-state index contributed by atoms with van der Waals surface area (Å²) in [6, 6.07) is 28.8. The van der Waals surface area contributed by atoms with Crippen molar-refractivity contribution in [2.75, 3.05) is 4.90 Å². The molecule has 6 heteroatoms. The molecule has 0 saturated carbocycles.